The molecule has 0 aliphatic rings. The van der Waals surface area contributed by atoms with Gasteiger partial charge in [0.25, 0.3) is 0 Å². The summed E-state index contributed by atoms with van der Waals surface area (Å²) in [5.41, 5.74) is 2.46. The van der Waals surface area contributed by atoms with Crippen molar-refractivity contribution in [1.82, 2.24) is 10.3 Å². The van der Waals surface area contributed by atoms with Crippen LogP contribution in [-0.2, 0) is 11.3 Å². The number of nitrogens with zero attached hydrogens (tertiary/aromatic N) is 1. The van der Waals surface area contributed by atoms with E-state index in [2.05, 4.69) is 10.3 Å². The third-order valence-electron chi connectivity index (χ3n) is 3.34. The normalized spacial score (nSPS) is 11.9. The maximum absolute atomic E-state index is 12.2. The summed E-state index contributed by atoms with van der Waals surface area (Å²) in [4.78, 5) is 27.4. The van der Waals surface area contributed by atoms with Crippen LogP contribution in [0.5, 0.6) is 0 Å². The smallest absolute Gasteiger partial charge is 0.321 e. The molecular weight excluding hydrogens is 280 g/mol. The summed E-state index contributed by atoms with van der Waals surface area (Å²) in [6.07, 6.45) is 3.23. The first kappa shape index (κ1) is 15.9. The van der Waals surface area contributed by atoms with Gasteiger partial charge in [-0.1, -0.05) is 35.9 Å². The van der Waals surface area contributed by atoms with Crippen molar-refractivity contribution in [2.24, 2.45) is 0 Å². The molecule has 0 spiro atoms. The van der Waals surface area contributed by atoms with Crippen LogP contribution in [0.15, 0.2) is 48.8 Å². The standard InChI is InChI=1S/C17H18N2O3/c1-12-4-6-14(7-5-12)16(20)9-15(17(21)22)19-11-13-3-2-8-18-10-13/h2-8,10,15,19H,9,11H2,1H3,(H,21,22)/t15-/m1/s1. The molecular formula is C17H18N2O3. The van der Waals surface area contributed by atoms with Gasteiger partial charge in [-0.15, -0.1) is 0 Å². The lowest BCUT2D eigenvalue weighted by Crippen LogP contribution is -2.38. The van der Waals surface area contributed by atoms with E-state index in [1.54, 1.807) is 30.6 Å². The monoisotopic (exact) mass is 298 g/mol. The predicted molar refractivity (Wildman–Crippen MR) is 82.6 cm³/mol. The molecule has 2 rings (SSSR count). The number of Topliss-reactive ketones (excluding diaryl/α,β-unsaturated/α-hetero) is 1. The highest BCUT2D eigenvalue weighted by molar-refractivity contribution is 5.98. The van der Waals surface area contributed by atoms with Crippen LogP contribution >= 0.6 is 0 Å². The lowest BCUT2D eigenvalue weighted by atomic mass is 10.0. The molecule has 5 heteroatoms. The van der Waals surface area contributed by atoms with Crippen LogP contribution < -0.4 is 5.32 Å². The first-order valence-electron chi connectivity index (χ1n) is 7.01. The summed E-state index contributed by atoms with van der Waals surface area (Å²) in [5, 5.41) is 12.1. The quantitative estimate of drug-likeness (QED) is 0.766. The Kier molecular flexibility index (Phi) is 5.38. The number of carbonyl (C=O) groups excluding carboxylic acids is 1. The maximum atomic E-state index is 12.2. The third-order valence-corrected chi connectivity index (χ3v) is 3.34. The highest BCUT2D eigenvalue weighted by Crippen LogP contribution is 2.09. The second kappa shape index (κ2) is 7.47. The average Bonchev–Trinajstić information content (AvgIpc) is 2.52. The molecule has 1 aromatic carbocycles. The highest BCUT2D eigenvalue weighted by atomic mass is 16.4. The van der Waals surface area contributed by atoms with Gasteiger partial charge in [-0.25, -0.2) is 0 Å². The summed E-state index contributed by atoms with van der Waals surface area (Å²) in [6, 6.07) is 9.83. The summed E-state index contributed by atoms with van der Waals surface area (Å²) in [7, 11) is 0. The van der Waals surface area contributed by atoms with E-state index >= 15 is 0 Å². The minimum atomic E-state index is -1.04. The minimum absolute atomic E-state index is 0.0847. The lowest BCUT2D eigenvalue weighted by Gasteiger charge is -2.14. The topological polar surface area (TPSA) is 79.3 Å². The van der Waals surface area contributed by atoms with Crippen LogP contribution in [0.3, 0.4) is 0 Å². The van der Waals surface area contributed by atoms with Crippen molar-refractivity contribution < 1.29 is 14.7 Å². The van der Waals surface area contributed by atoms with Crippen LogP contribution in [0.4, 0.5) is 0 Å². The SMILES string of the molecule is Cc1ccc(C(=O)C[C@@H](NCc2cccnc2)C(=O)O)cc1. The van der Waals surface area contributed by atoms with E-state index in [-0.39, 0.29) is 12.2 Å². The van der Waals surface area contributed by atoms with E-state index in [9.17, 15) is 14.7 Å². The summed E-state index contributed by atoms with van der Waals surface area (Å²) in [5.74, 6) is -1.23. The Labute approximate surface area is 129 Å². The summed E-state index contributed by atoms with van der Waals surface area (Å²) >= 11 is 0. The van der Waals surface area contributed by atoms with E-state index in [0.29, 0.717) is 12.1 Å². The number of rotatable bonds is 7. The summed E-state index contributed by atoms with van der Waals surface area (Å²) < 4.78 is 0. The van der Waals surface area contributed by atoms with Gasteiger partial charge >= 0.3 is 5.97 Å². The molecule has 0 aliphatic heterocycles. The number of carboxylic acids is 1. The number of nitrogens with one attached hydrogen (secondary N) is 1. The molecule has 2 N–H and O–H groups in total. The molecule has 5 nitrogen and oxygen atoms in total. The Hall–Kier alpha value is -2.53. The minimum Gasteiger partial charge on any atom is -0.480 e. The fraction of sp³-hybridized carbons (Fsp3) is 0.235. The van der Waals surface area contributed by atoms with Crippen molar-refractivity contribution in [1.29, 1.82) is 0 Å². The Morgan fingerprint density at radius 2 is 1.95 bits per heavy atom. The number of benzene rings is 1. The number of carbonyl (C=O) groups is 2. The molecule has 1 heterocycles. The van der Waals surface area contributed by atoms with E-state index < -0.39 is 12.0 Å². The van der Waals surface area contributed by atoms with Crippen LogP contribution in [0.1, 0.15) is 27.9 Å². The van der Waals surface area contributed by atoms with Crippen LogP contribution in [-0.4, -0.2) is 27.9 Å². The molecule has 0 unspecified atom stereocenters. The van der Waals surface area contributed by atoms with Crippen LogP contribution in [0, 0.1) is 6.92 Å². The van der Waals surface area contributed by atoms with Gasteiger partial charge < -0.3 is 5.11 Å². The molecule has 0 saturated carbocycles. The fourth-order valence-corrected chi connectivity index (χ4v) is 2.03. The zero-order valence-electron chi connectivity index (χ0n) is 12.3. The first-order valence-corrected chi connectivity index (χ1v) is 7.01. The Balaban J connectivity index is 1.98. The van der Waals surface area contributed by atoms with Crippen molar-refractivity contribution in [2.75, 3.05) is 0 Å². The molecule has 0 saturated heterocycles. The Bertz CT molecular complexity index is 639. The highest BCUT2D eigenvalue weighted by Gasteiger charge is 2.21. The maximum Gasteiger partial charge on any atom is 0.321 e. The van der Waals surface area contributed by atoms with Crippen molar-refractivity contribution in [3.05, 3.63) is 65.5 Å². The van der Waals surface area contributed by atoms with Crippen molar-refractivity contribution >= 4 is 11.8 Å². The second-order valence-corrected chi connectivity index (χ2v) is 5.13. The van der Waals surface area contributed by atoms with Crippen molar-refractivity contribution in [2.45, 2.75) is 25.9 Å². The molecule has 114 valence electrons. The second-order valence-electron chi connectivity index (χ2n) is 5.13. The molecule has 1 atom stereocenters. The van der Waals surface area contributed by atoms with Gasteiger partial charge in [0.1, 0.15) is 6.04 Å². The molecule has 1 aromatic heterocycles. The van der Waals surface area contributed by atoms with E-state index in [0.717, 1.165) is 11.1 Å². The van der Waals surface area contributed by atoms with Gasteiger partial charge in [-0.05, 0) is 18.6 Å². The zero-order chi connectivity index (χ0) is 15.9. The zero-order valence-corrected chi connectivity index (χ0v) is 12.3. The molecule has 0 amide bonds. The predicted octanol–water partition coefficient (Wildman–Crippen LogP) is 2.21. The third kappa shape index (κ3) is 4.49. The number of aryl methyl sites for hydroxylation is 1. The van der Waals surface area contributed by atoms with Gasteiger partial charge in [0.2, 0.25) is 0 Å². The number of aliphatic carboxylic acids is 1. The van der Waals surface area contributed by atoms with Gasteiger partial charge in [0.15, 0.2) is 5.78 Å². The largest absolute Gasteiger partial charge is 0.480 e. The van der Waals surface area contributed by atoms with Gasteiger partial charge in [-0.3, -0.25) is 19.9 Å². The molecule has 0 aliphatic carbocycles. The lowest BCUT2D eigenvalue weighted by molar-refractivity contribution is -0.139. The first-order chi connectivity index (χ1) is 10.6. The Morgan fingerprint density at radius 3 is 2.55 bits per heavy atom. The van der Waals surface area contributed by atoms with E-state index in [4.69, 9.17) is 0 Å². The fourth-order valence-electron chi connectivity index (χ4n) is 2.03. The van der Waals surface area contributed by atoms with E-state index in [1.807, 2.05) is 25.1 Å². The molecule has 0 bridgehead atoms. The number of hydrogen-bond acceptors (Lipinski definition) is 4. The van der Waals surface area contributed by atoms with Crippen LogP contribution in [0.25, 0.3) is 0 Å². The number of aromatic nitrogens is 1. The van der Waals surface area contributed by atoms with Crippen LogP contribution in [0.2, 0.25) is 0 Å². The van der Waals surface area contributed by atoms with E-state index in [1.165, 1.54) is 0 Å². The molecule has 2 aromatic rings. The molecule has 0 fully saturated rings. The average molecular weight is 298 g/mol. The molecule has 0 radical (unpaired) electrons. The van der Waals surface area contributed by atoms with Crippen molar-refractivity contribution in [3.63, 3.8) is 0 Å². The van der Waals surface area contributed by atoms with Gasteiger partial charge in [0, 0.05) is 30.9 Å². The number of carboxylic acid groups (broad SMARTS) is 1. The van der Waals surface area contributed by atoms with Crippen molar-refractivity contribution in [3.8, 4) is 0 Å². The number of pyridine rings is 1. The van der Waals surface area contributed by atoms with Gasteiger partial charge in [0.05, 0.1) is 0 Å². The summed E-state index contributed by atoms with van der Waals surface area (Å²) in [6.45, 7) is 2.29. The Morgan fingerprint density at radius 1 is 1.23 bits per heavy atom. The number of ketones is 1. The van der Waals surface area contributed by atoms with Gasteiger partial charge in [-0.2, -0.15) is 0 Å². The number of hydrogen-bond donors (Lipinski definition) is 2. The molecule has 22 heavy (non-hydrogen) atoms.